The van der Waals surface area contributed by atoms with Crippen LogP contribution in [0.4, 0.5) is 0 Å². The number of rotatable bonds is 5. The molecular formula is C26H31N3O5S. The zero-order chi connectivity index (χ0) is 24.8. The Labute approximate surface area is 205 Å². The van der Waals surface area contributed by atoms with E-state index in [-0.39, 0.29) is 24.0 Å². The molecule has 186 valence electrons. The lowest BCUT2D eigenvalue weighted by molar-refractivity contribution is -0.132. The number of likely N-dealkylation sites (tertiary alicyclic amines) is 1. The van der Waals surface area contributed by atoms with Crippen LogP contribution >= 0.6 is 0 Å². The van der Waals surface area contributed by atoms with Crippen LogP contribution in [0, 0.1) is 0 Å². The van der Waals surface area contributed by atoms with Gasteiger partial charge in [-0.15, -0.1) is 0 Å². The number of aromatic amines is 1. The number of carbonyl (C=O) groups is 1. The Hall–Kier alpha value is -2.88. The number of nitrogens with one attached hydrogen (secondary N) is 1. The van der Waals surface area contributed by atoms with Gasteiger partial charge in [-0.2, -0.15) is 4.31 Å². The molecule has 0 bridgehead atoms. The van der Waals surface area contributed by atoms with E-state index in [1.54, 1.807) is 37.4 Å². The van der Waals surface area contributed by atoms with Crippen molar-refractivity contribution < 1.29 is 23.1 Å². The molecule has 1 atom stereocenters. The Morgan fingerprint density at radius 2 is 1.89 bits per heavy atom. The zero-order valence-corrected chi connectivity index (χ0v) is 20.8. The predicted molar refractivity (Wildman–Crippen MR) is 133 cm³/mol. The third-order valence-corrected chi connectivity index (χ3v) is 9.47. The Bertz CT molecular complexity index is 1340. The van der Waals surface area contributed by atoms with Gasteiger partial charge in [0.05, 0.1) is 24.7 Å². The number of fused-ring (bicyclic) bond motifs is 4. The molecule has 0 saturated carbocycles. The van der Waals surface area contributed by atoms with Gasteiger partial charge >= 0.3 is 0 Å². The maximum absolute atomic E-state index is 13.8. The van der Waals surface area contributed by atoms with Gasteiger partial charge in [0.25, 0.3) is 0 Å². The first-order valence-corrected chi connectivity index (χ1v) is 13.4. The third kappa shape index (κ3) is 3.82. The number of nitrogens with zero attached hydrogens (tertiary/aromatic N) is 2. The van der Waals surface area contributed by atoms with Gasteiger partial charge in [-0.05, 0) is 42.7 Å². The summed E-state index contributed by atoms with van der Waals surface area (Å²) in [5, 5.41) is 11.5. The number of benzene rings is 2. The van der Waals surface area contributed by atoms with Crippen LogP contribution in [0.25, 0.3) is 10.9 Å². The summed E-state index contributed by atoms with van der Waals surface area (Å²) in [6.45, 7) is 2.89. The molecule has 1 fully saturated rings. The summed E-state index contributed by atoms with van der Waals surface area (Å²) < 4.78 is 34.6. The second kappa shape index (κ2) is 8.96. The molecule has 8 nitrogen and oxygen atoms in total. The summed E-state index contributed by atoms with van der Waals surface area (Å²) in [5.41, 5.74) is 2.13. The summed E-state index contributed by atoms with van der Waals surface area (Å²) in [4.78, 5) is 17.9. The van der Waals surface area contributed by atoms with Gasteiger partial charge in [0.1, 0.15) is 5.75 Å². The van der Waals surface area contributed by atoms with Crippen LogP contribution in [-0.2, 0) is 20.2 Å². The van der Waals surface area contributed by atoms with E-state index in [9.17, 15) is 18.3 Å². The monoisotopic (exact) mass is 497 g/mol. The number of methoxy groups -OCH3 is 1. The Balaban J connectivity index is 1.68. The number of piperidine rings is 1. The molecule has 5 rings (SSSR count). The first kappa shape index (κ1) is 23.8. The number of aliphatic hydroxyl groups is 1. The van der Waals surface area contributed by atoms with Crippen LogP contribution < -0.4 is 4.74 Å². The molecule has 0 unspecified atom stereocenters. The average molecular weight is 498 g/mol. The van der Waals surface area contributed by atoms with Crippen LogP contribution in [-0.4, -0.2) is 67.0 Å². The molecule has 35 heavy (non-hydrogen) atoms. The quantitative estimate of drug-likeness (QED) is 0.564. The highest BCUT2D eigenvalue weighted by atomic mass is 32.2. The number of hydrogen-bond donors (Lipinski definition) is 2. The fourth-order valence-electron chi connectivity index (χ4n) is 5.76. The largest absolute Gasteiger partial charge is 0.497 e. The standard InChI is InChI=1S/C26H31N3O5S/c1-3-23(31)28-13-11-26(12-14-28)17-29(35(32,33)19-7-5-4-6-8-19)22(16-30)25-24(26)20-10-9-18(34-2)15-21(20)27-25/h4-10,15,22,27,30H,3,11-14,16-17H2,1-2H3/t22-/m1/s1. The molecule has 0 radical (unpaired) electrons. The lowest BCUT2D eigenvalue weighted by Crippen LogP contribution is -2.55. The van der Waals surface area contributed by atoms with E-state index in [2.05, 4.69) is 4.98 Å². The second-order valence-corrected chi connectivity index (χ2v) is 11.3. The van der Waals surface area contributed by atoms with Crippen molar-refractivity contribution in [1.82, 2.24) is 14.2 Å². The zero-order valence-electron chi connectivity index (χ0n) is 20.0. The summed E-state index contributed by atoms with van der Waals surface area (Å²) >= 11 is 0. The first-order valence-electron chi connectivity index (χ1n) is 12.0. The molecule has 3 aromatic rings. The molecule has 3 heterocycles. The second-order valence-electron chi connectivity index (χ2n) is 9.40. The van der Waals surface area contributed by atoms with E-state index < -0.39 is 21.5 Å². The van der Waals surface area contributed by atoms with Crippen LogP contribution in [0.1, 0.15) is 43.5 Å². The molecule has 2 aliphatic heterocycles. The van der Waals surface area contributed by atoms with E-state index in [1.807, 2.05) is 30.0 Å². The van der Waals surface area contributed by atoms with Gasteiger partial charge in [0.2, 0.25) is 15.9 Å². The Morgan fingerprint density at radius 3 is 2.51 bits per heavy atom. The minimum atomic E-state index is -3.88. The van der Waals surface area contributed by atoms with Gasteiger partial charge in [-0.25, -0.2) is 8.42 Å². The Kier molecular flexibility index (Phi) is 6.11. The lowest BCUT2D eigenvalue weighted by Gasteiger charge is -2.49. The van der Waals surface area contributed by atoms with Gasteiger partial charge < -0.3 is 19.7 Å². The number of aromatic nitrogens is 1. The summed E-state index contributed by atoms with van der Waals surface area (Å²) in [5.74, 6) is 0.810. The maximum Gasteiger partial charge on any atom is 0.243 e. The van der Waals surface area contributed by atoms with Crippen molar-refractivity contribution in [2.75, 3.05) is 33.4 Å². The van der Waals surface area contributed by atoms with Crippen molar-refractivity contribution in [3.8, 4) is 5.75 Å². The fourth-order valence-corrected chi connectivity index (χ4v) is 7.45. The van der Waals surface area contributed by atoms with E-state index in [4.69, 9.17) is 4.74 Å². The maximum atomic E-state index is 13.8. The lowest BCUT2D eigenvalue weighted by atomic mass is 9.69. The summed E-state index contributed by atoms with van der Waals surface area (Å²) in [6.07, 6.45) is 1.74. The number of sulfonamides is 1. The Morgan fingerprint density at radius 1 is 1.17 bits per heavy atom. The molecule has 1 aromatic heterocycles. The van der Waals surface area contributed by atoms with E-state index >= 15 is 0 Å². The van der Waals surface area contributed by atoms with Crippen molar-refractivity contribution in [1.29, 1.82) is 0 Å². The van der Waals surface area contributed by atoms with Crippen molar-refractivity contribution in [2.45, 2.75) is 42.5 Å². The minimum Gasteiger partial charge on any atom is -0.497 e. The fraction of sp³-hybridized carbons (Fsp3) is 0.423. The predicted octanol–water partition coefficient (Wildman–Crippen LogP) is 3.18. The number of carbonyl (C=O) groups excluding carboxylic acids is 1. The molecule has 2 aliphatic rings. The molecule has 1 amide bonds. The van der Waals surface area contributed by atoms with Crippen molar-refractivity contribution >= 4 is 26.8 Å². The first-order chi connectivity index (χ1) is 16.8. The van der Waals surface area contributed by atoms with Crippen molar-refractivity contribution in [2.24, 2.45) is 0 Å². The number of ether oxygens (including phenoxy) is 1. The van der Waals surface area contributed by atoms with E-state index in [0.717, 1.165) is 22.2 Å². The number of amides is 1. The van der Waals surface area contributed by atoms with Crippen LogP contribution in [0.15, 0.2) is 53.4 Å². The number of aliphatic hydroxyl groups excluding tert-OH is 1. The highest BCUT2D eigenvalue weighted by Gasteiger charge is 2.51. The molecule has 1 saturated heterocycles. The van der Waals surface area contributed by atoms with E-state index in [1.165, 1.54) is 4.31 Å². The van der Waals surface area contributed by atoms with Gasteiger partial charge in [0, 0.05) is 54.1 Å². The SMILES string of the molecule is CCC(=O)N1CCC2(CC1)CN(S(=O)(=O)c1ccccc1)[C@H](CO)c1[nH]c3cc(OC)ccc3c12. The molecule has 9 heteroatoms. The molecule has 0 aliphatic carbocycles. The van der Waals surface area contributed by atoms with Crippen LogP contribution in [0.5, 0.6) is 5.75 Å². The average Bonchev–Trinajstić information content (AvgIpc) is 3.28. The molecular weight excluding hydrogens is 466 g/mol. The smallest absolute Gasteiger partial charge is 0.243 e. The van der Waals surface area contributed by atoms with Crippen molar-refractivity contribution in [3.63, 3.8) is 0 Å². The molecule has 1 spiro atoms. The number of H-pyrrole nitrogens is 1. The minimum absolute atomic E-state index is 0.113. The third-order valence-electron chi connectivity index (χ3n) is 7.60. The van der Waals surface area contributed by atoms with Crippen LogP contribution in [0.2, 0.25) is 0 Å². The molecule has 2 N–H and O–H groups in total. The summed E-state index contributed by atoms with van der Waals surface area (Å²) in [6, 6.07) is 13.4. The normalized spacial score (nSPS) is 20.2. The highest BCUT2D eigenvalue weighted by molar-refractivity contribution is 7.89. The number of hydrogen-bond acceptors (Lipinski definition) is 5. The van der Waals surface area contributed by atoms with Crippen LogP contribution in [0.3, 0.4) is 0 Å². The van der Waals surface area contributed by atoms with Gasteiger partial charge in [-0.1, -0.05) is 25.1 Å². The van der Waals surface area contributed by atoms with Gasteiger partial charge in [0.15, 0.2) is 0 Å². The molecule has 2 aromatic carbocycles. The van der Waals surface area contributed by atoms with Gasteiger partial charge in [-0.3, -0.25) is 4.79 Å². The van der Waals surface area contributed by atoms with E-state index in [0.29, 0.717) is 38.1 Å². The topological polar surface area (TPSA) is 103 Å². The van der Waals surface area contributed by atoms with Crippen molar-refractivity contribution in [3.05, 3.63) is 59.8 Å². The highest BCUT2D eigenvalue weighted by Crippen LogP contribution is 2.50. The summed E-state index contributed by atoms with van der Waals surface area (Å²) in [7, 11) is -2.27.